The van der Waals surface area contributed by atoms with Crippen molar-refractivity contribution < 1.29 is 19.1 Å². The number of carbonyl (C=O) groups excluding carboxylic acids is 2. The molecule has 1 N–H and O–H groups in total. The van der Waals surface area contributed by atoms with E-state index in [1.807, 2.05) is 44.0 Å². The van der Waals surface area contributed by atoms with E-state index in [4.69, 9.17) is 9.47 Å². The fourth-order valence-corrected chi connectivity index (χ4v) is 8.69. The number of nitrogens with zero attached hydrogens (tertiary/aromatic N) is 2. The van der Waals surface area contributed by atoms with E-state index in [2.05, 4.69) is 30.6 Å². The Morgan fingerprint density at radius 2 is 1.94 bits per heavy atom. The molecule has 7 nitrogen and oxygen atoms in total. The summed E-state index contributed by atoms with van der Waals surface area (Å²) >= 11 is 0. The van der Waals surface area contributed by atoms with E-state index in [1.165, 1.54) is 0 Å². The first-order valence-electron chi connectivity index (χ1n) is 12.6. The Labute approximate surface area is 206 Å². The second kappa shape index (κ2) is 5.94. The molecule has 8 rings (SSSR count). The number of likely N-dealkylation sites (N-methyl/N-ethyl adjacent to an activating group) is 1. The van der Waals surface area contributed by atoms with Crippen LogP contribution in [-0.4, -0.2) is 58.4 Å². The van der Waals surface area contributed by atoms with Gasteiger partial charge in [0, 0.05) is 20.1 Å². The summed E-state index contributed by atoms with van der Waals surface area (Å²) in [6.45, 7) is 14.4. The Hall–Kier alpha value is -2.80. The molecule has 0 aromatic heterocycles. The normalized spacial score (nSPS) is 39.5. The summed E-state index contributed by atoms with van der Waals surface area (Å²) in [7, 11) is 1.95. The van der Waals surface area contributed by atoms with E-state index in [0.29, 0.717) is 23.6 Å². The number of anilines is 1. The summed E-state index contributed by atoms with van der Waals surface area (Å²) in [5.74, 6) is 1.48. The van der Waals surface area contributed by atoms with Gasteiger partial charge in [0.1, 0.15) is 11.1 Å². The highest BCUT2D eigenvalue weighted by Crippen LogP contribution is 2.72. The highest BCUT2D eigenvalue weighted by Gasteiger charge is 2.79. The van der Waals surface area contributed by atoms with Crippen molar-refractivity contribution in [2.24, 2.45) is 11.3 Å². The number of hydrogen-bond donors (Lipinski definition) is 1. The predicted molar refractivity (Wildman–Crippen MR) is 131 cm³/mol. The molecule has 4 atom stereocenters. The molecule has 4 saturated heterocycles. The van der Waals surface area contributed by atoms with Crippen LogP contribution in [0, 0.1) is 11.3 Å². The van der Waals surface area contributed by atoms with Crippen LogP contribution in [0.25, 0.3) is 0 Å². The highest BCUT2D eigenvalue weighted by atomic mass is 16.5. The largest absolute Gasteiger partial charge is 0.480 e. The van der Waals surface area contributed by atoms with Gasteiger partial charge in [0.2, 0.25) is 11.8 Å². The number of piperazine rings is 1. The molecule has 6 aliphatic heterocycles. The van der Waals surface area contributed by atoms with Gasteiger partial charge in [-0.05, 0) is 67.7 Å². The van der Waals surface area contributed by atoms with Crippen molar-refractivity contribution in [2.45, 2.75) is 69.1 Å². The molecule has 5 fully saturated rings. The Morgan fingerprint density at radius 1 is 1.17 bits per heavy atom. The number of amides is 2. The topological polar surface area (TPSA) is 71.1 Å². The number of hydrogen-bond acceptors (Lipinski definition) is 5. The van der Waals surface area contributed by atoms with Crippen LogP contribution >= 0.6 is 0 Å². The van der Waals surface area contributed by atoms with Crippen molar-refractivity contribution in [3.8, 4) is 11.5 Å². The molecule has 2 bridgehead atoms. The Morgan fingerprint density at radius 3 is 2.71 bits per heavy atom. The minimum Gasteiger partial charge on any atom is -0.480 e. The van der Waals surface area contributed by atoms with E-state index >= 15 is 0 Å². The number of carbonyl (C=O) groups is 2. The lowest BCUT2D eigenvalue weighted by Gasteiger charge is -2.64. The monoisotopic (exact) mass is 475 g/mol. The Balaban J connectivity index is 1.42. The summed E-state index contributed by atoms with van der Waals surface area (Å²) in [6, 6.07) is 3.98. The van der Waals surface area contributed by atoms with Crippen LogP contribution in [0.2, 0.25) is 0 Å². The van der Waals surface area contributed by atoms with Gasteiger partial charge in [-0.25, -0.2) is 0 Å². The quantitative estimate of drug-likeness (QED) is 0.581. The maximum atomic E-state index is 14.1. The molecular weight excluding hydrogens is 442 g/mol. The van der Waals surface area contributed by atoms with Crippen molar-refractivity contribution >= 4 is 17.5 Å². The number of ether oxygens (including phenoxy) is 2. The van der Waals surface area contributed by atoms with Crippen LogP contribution < -0.4 is 14.8 Å². The van der Waals surface area contributed by atoms with Gasteiger partial charge < -0.3 is 19.7 Å². The van der Waals surface area contributed by atoms with Crippen molar-refractivity contribution in [1.29, 1.82) is 0 Å². The fraction of sp³-hybridized carbons (Fsp3) is 0.571. The first-order chi connectivity index (χ1) is 16.4. The van der Waals surface area contributed by atoms with E-state index in [9.17, 15) is 9.59 Å². The molecule has 184 valence electrons. The molecule has 6 heterocycles. The van der Waals surface area contributed by atoms with Gasteiger partial charge in [-0.2, -0.15) is 0 Å². The third kappa shape index (κ3) is 2.11. The van der Waals surface area contributed by atoms with Gasteiger partial charge in [0.15, 0.2) is 11.5 Å². The van der Waals surface area contributed by atoms with Gasteiger partial charge in [0.05, 0.1) is 22.9 Å². The molecule has 7 aliphatic rings. The summed E-state index contributed by atoms with van der Waals surface area (Å²) in [6.07, 6.45) is 5.71. The summed E-state index contributed by atoms with van der Waals surface area (Å²) in [5.41, 5.74) is -0.0401. The highest BCUT2D eigenvalue weighted by molar-refractivity contribution is 6.10. The molecule has 3 spiro atoms. The Kier molecular flexibility index (Phi) is 3.65. The smallest absolute Gasteiger partial charge is 0.247 e. The van der Waals surface area contributed by atoms with E-state index in [0.717, 1.165) is 37.1 Å². The van der Waals surface area contributed by atoms with Crippen LogP contribution in [0.1, 0.15) is 52.5 Å². The molecule has 1 aromatic carbocycles. The molecule has 2 amide bonds. The molecule has 1 aromatic rings. The van der Waals surface area contributed by atoms with Crippen molar-refractivity contribution in [3.63, 3.8) is 0 Å². The third-order valence-corrected chi connectivity index (χ3v) is 10.5. The second-order valence-corrected chi connectivity index (χ2v) is 12.6. The lowest BCUT2D eigenvalue weighted by molar-refractivity contribution is -0.179. The molecule has 1 saturated carbocycles. The van der Waals surface area contributed by atoms with Gasteiger partial charge in [0.25, 0.3) is 0 Å². The summed E-state index contributed by atoms with van der Waals surface area (Å²) < 4.78 is 12.2. The molecule has 35 heavy (non-hydrogen) atoms. The first-order valence-corrected chi connectivity index (χ1v) is 12.6. The Bertz CT molecular complexity index is 1280. The first kappa shape index (κ1) is 21.5. The number of nitrogens with one attached hydrogen (secondary N) is 1. The van der Waals surface area contributed by atoms with Crippen LogP contribution in [-0.2, 0) is 15.0 Å². The zero-order valence-corrected chi connectivity index (χ0v) is 21.2. The van der Waals surface area contributed by atoms with Gasteiger partial charge >= 0.3 is 0 Å². The maximum absolute atomic E-state index is 14.1. The summed E-state index contributed by atoms with van der Waals surface area (Å²) in [5, 5.41) is 3.20. The average molecular weight is 476 g/mol. The van der Waals surface area contributed by atoms with Crippen molar-refractivity contribution in [3.05, 3.63) is 42.2 Å². The number of fused-ring (bicyclic) bond motifs is 5. The standard InChI is InChI=1S/C28H33N3O4/c1-16-9-11-31-15-26-14-27(25(4,5)19(26)13-28(16,31)23(33)30(26)6)17-7-8-18-21(20(17)29-22(27)32)34-12-10-24(2,3)35-18/h7-8,10,12,19H,1,9,11,13-15H2,2-6H3,(H,29,32). The number of benzene rings is 1. The minimum atomic E-state index is -0.780. The fourth-order valence-electron chi connectivity index (χ4n) is 8.69. The SMILES string of the molecule is C=C1CCN2CC34CC5(C(=O)Nc6c5ccc5c6OC=CC(C)(C)O5)C(C)(C)C3CC12C(=O)N4C. The summed E-state index contributed by atoms with van der Waals surface area (Å²) in [4.78, 5) is 32.3. The van der Waals surface area contributed by atoms with Crippen LogP contribution in [0.5, 0.6) is 11.5 Å². The molecule has 1 aliphatic carbocycles. The lowest BCUT2D eigenvalue weighted by atomic mass is 9.57. The van der Waals surface area contributed by atoms with E-state index < -0.39 is 27.5 Å². The molecule has 7 heteroatoms. The third-order valence-electron chi connectivity index (χ3n) is 10.5. The lowest BCUT2D eigenvalue weighted by Crippen LogP contribution is -2.78. The zero-order chi connectivity index (χ0) is 24.8. The second-order valence-electron chi connectivity index (χ2n) is 12.6. The number of piperidine rings is 2. The van der Waals surface area contributed by atoms with E-state index in [1.54, 1.807) is 6.26 Å². The molecule has 0 radical (unpaired) electrons. The minimum absolute atomic E-state index is 0.00783. The molecular formula is C28H33N3O4. The maximum Gasteiger partial charge on any atom is 0.247 e. The van der Waals surface area contributed by atoms with Gasteiger partial charge in [-0.1, -0.05) is 26.5 Å². The van der Waals surface area contributed by atoms with E-state index in [-0.39, 0.29) is 17.7 Å². The van der Waals surface area contributed by atoms with Crippen LogP contribution in [0.15, 0.2) is 36.6 Å². The van der Waals surface area contributed by atoms with Crippen molar-refractivity contribution in [2.75, 3.05) is 25.5 Å². The molecule has 4 unspecified atom stereocenters. The van der Waals surface area contributed by atoms with Crippen molar-refractivity contribution in [1.82, 2.24) is 9.80 Å². The van der Waals surface area contributed by atoms with Crippen LogP contribution in [0.4, 0.5) is 5.69 Å². The number of rotatable bonds is 0. The van der Waals surface area contributed by atoms with Gasteiger partial charge in [-0.15, -0.1) is 0 Å². The van der Waals surface area contributed by atoms with Crippen LogP contribution in [0.3, 0.4) is 0 Å². The average Bonchev–Trinajstić information content (AvgIpc) is 3.29. The predicted octanol–water partition coefficient (Wildman–Crippen LogP) is 3.60. The van der Waals surface area contributed by atoms with Gasteiger partial charge in [-0.3, -0.25) is 14.5 Å². The zero-order valence-electron chi connectivity index (χ0n) is 21.2.